The lowest BCUT2D eigenvalue weighted by Crippen LogP contribution is -2.47. The number of likely N-dealkylation sites (tertiary alicyclic amines) is 1. The van der Waals surface area contributed by atoms with Gasteiger partial charge in [0.05, 0.1) is 12.3 Å². The van der Waals surface area contributed by atoms with Gasteiger partial charge in [-0.1, -0.05) is 0 Å². The van der Waals surface area contributed by atoms with E-state index in [0.29, 0.717) is 12.2 Å². The number of aryl methyl sites for hydroxylation is 1. The van der Waals surface area contributed by atoms with Gasteiger partial charge < -0.3 is 20.6 Å². The number of amides is 1. The number of nitrogens with zero attached hydrogens (tertiary/aromatic N) is 4. The van der Waals surface area contributed by atoms with Gasteiger partial charge in [-0.15, -0.1) is 0 Å². The lowest BCUT2D eigenvalue weighted by atomic mass is 10.0. The maximum absolute atomic E-state index is 12.6. The summed E-state index contributed by atoms with van der Waals surface area (Å²) in [6, 6.07) is 0.146. The predicted octanol–water partition coefficient (Wildman–Crippen LogP) is -0.469. The van der Waals surface area contributed by atoms with E-state index in [1.54, 1.807) is 18.1 Å². The molecule has 3 N–H and O–H groups in total. The van der Waals surface area contributed by atoms with Gasteiger partial charge in [0.1, 0.15) is 0 Å². The summed E-state index contributed by atoms with van der Waals surface area (Å²) < 4.78 is 1.54. The van der Waals surface area contributed by atoms with Crippen molar-refractivity contribution in [2.45, 2.75) is 18.9 Å². The zero-order chi connectivity index (χ0) is 14.7. The quantitative estimate of drug-likeness (QED) is 0.779. The zero-order valence-electron chi connectivity index (χ0n) is 12.1. The number of nitrogen functional groups attached to an aromatic ring is 1. The van der Waals surface area contributed by atoms with Crippen molar-refractivity contribution in [2.75, 3.05) is 39.0 Å². The monoisotopic (exact) mass is 281 g/mol. The number of aliphatic hydroxyl groups excluding tert-OH is 1. The maximum atomic E-state index is 12.6. The molecule has 0 aliphatic carbocycles. The van der Waals surface area contributed by atoms with E-state index in [-0.39, 0.29) is 24.2 Å². The minimum Gasteiger partial charge on any atom is -0.396 e. The molecule has 1 aliphatic rings. The first-order valence-corrected chi connectivity index (χ1v) is 6.92. The molecule has 0 atom stereocenters. The van der Waals surface area contributed by atoms with E-state index in [4.69, 9.17) is 5.73 Å². The second-order valence-corrected chi connectivity index (χ2v) is 5.36. The van der Waals surface area contributed by atoms with Crippen LogP contribution < -0.4 is 5.73 Å². The van der Waals surface area contributed by atoms with Crippen LogP contribution in [-0.4, -0.2) is 69.9 Å². The summed E-state index contributed by atoms with van der Waals surface area (Å²) in [5.41, 5.74) is 6.49. The standard InChI is InChI=1S/C13H23N5O2/c1-16-5-3-10(4-6-16)18(7-8-19)13(20)12-11(14)9-17(2)15-12/h9-10,19H,3-8,14H2,1-2H3. The van der Waals surface area contributed by atoms with Crippen LogP contribution in [0.5, 0.6) is 0 Å². The number of hydrogen-bond donors (Lipinski definition) is 2. The molecule has 1 aliphatic heterocycles. The fraction of sp³-hybridized carbons (Fsp3) is 0.692. The van der Waals surface area contributed by atoms with Crippen molar-refractivity contribution in [3.8, 4) is 0 Å². The summed E-state index contributed by atoms with van der Waals surface area (Å²) in [7, 11) is 3.81. The summed E-state index contributed by atoms with van der Waals surface area (Å²) in [5.74, 6) is -0.188. The molecule has 0 radical (unpaired) electrons. The van der Waals surface area contributed by atoms with Gasteiger partial charge in [0, 0.05) is 25.8 Å². The molecule has 7 heteroatoms. The predicted molar refractivity (Wildman–Crippen MR) is 76.3 cm³/mol. The van der Waals surface area contributed by atoms with Crippen molar-refractivity contribution in [1.29, 1.82) is 0 Å². The lowest BCUT2D eigenvalue weighted by molar-refractivity contribution is 0.0534. The van der Waals surface area contributed by atoms with Crippen LogP contribution in [0.3, 0.4) is 0 Å². The molecule has 0 bridgehead atoms. The number of hydrogen-bond acceptors (Lipinski definition) is 5. The van der Waals surface area contributed by atoms with Gasteiger partial charge in [-0.3, -0.25) is 9.48 Å². The molecule has 2 rings (SSSR count). The van der Waals surface area contributed by atoms with E-state index in [1.165, 1.54) is 4.68 Å². The summed E-state index contributed by atoms with van der Waals surface area (Å²) in [4.78, 5) is 16.6. The normalized spacial score (nSPS) is 17.4. The molecule has 0 saturated carbocycles. The Morgan fingerprint density at radius 1 is 1.50 bits per heavy atom. The number of rotatable bonds is 4. The SMILES string of the molecule is CN1CCC(N(CCO)C(=O)c2nn(C)cc2N)CC1. The molecule has 2 heterocycles. The number of carbonyl (C=O) groups excluding carboxylic acids is 1. The average Bonchev–Trinajstić information content (AvgIpc) is 2.75. The number of anilines is 1. The Kier molecular flexibility index (Phi) is 4.61. The van der Waals surface area contributed by atoms with E-state index < -0.39 is 0 Å². The zero-order valence-corrected chi connectivity index (χ0v) is 12.1. The van der Waals surface area contributed by atoms with Crippen LogP contribution in [0.15, 0.2) is 6.20 Å². The Bertz CT molecular complexity index is 465. The topological polar surface area (TPSA) is 87.6 Å². The highest BCUT2D eigenvalue weighted by Crippen LogP contribution is 2.19. The van der Waals surface area contributed by atoms with Crippen LogP contribution in [0.4, 0.5) is 5.69 Å². The smallest absolute Gasteiger partial charge is 0.276 e. The Labute approximate surface area is 118 Å². The Balaban J connectivity index is 2.15. The van der Waals surface area contributed by atoms with Crippen molar-refractivity contribution in [3.05, 3.63) is 11.9 Å². The van der Waals surface area contributed by atoms with E-state index in [2.05, 4.69) is 17.0 Å². The molecule has 0 unspecified atom stereocenters. The van der Waals surface area contributed by atoms with Crippen LogP contribution in [0.1, 0.15) is 23.3 Å². The van der Waals surface area contributed by atoms with Gasteiger partial charge in [0.25, 0.3) is 5.91 Å². The second kappa shape index (κ2) is 6.23. The number of aromatic nitrogens is 2. The van der Waals surface area contributed by atoms with Crippen molar-refractivity contribution >= 4 is 11.6 Å². The first kappa shape index (κ1) is 14.8. The van der Waals surface area contributed by atoms with Gasteiger partial charge >= 0.3 is 0 Å². The minimum absolute atomic E-state index is 0.0508. The van der Waals surface area contributed by atoms with Crippen molar-refractivity contribution in [1.82, 2.24) is 19.6 Å². The van der Waals surface area contributed by atoms with Crippen molar-refractivity contribution in [2.24, 2.45) is 7.05 Å². The molecule has 1 aromatic heterocycles. The second-order valence-electron chi connectivity index (χ2n) is 5.36. The molecule has 1 fully saturated rings. The van der Waals surface area contributed by atoms with Gasteiger partial charge in [0.2, 0.25) is 0 Å². The van der Waals surface area contributed by atoms with Crippen LogP contribution in [-0.2, 0) is 7.05 Å². The highest BCUT2D eigenvalue weighted by Gasteiger charge is 2.29. The molecular weight excluding hydrogens is 258 g/mol. The van der Waals surface area contributed by atoms with Crippen LogP contribution in [0.2, 0.25) is 0 Å². The van der Waals surface area contributed by atoms with Crippen LogP contribution >= 0.6 is 0 Å². The average molecular weight is 281 g/mol. The number of carbonyl (C=O) groups is 1. The third-order valence-electron chi connectivity index (χ3n) is 3.79. The molecule has 0 spiro atoms. The van der Waals surface area contributed by atoms with E-state index in [1.807, 2.05) is 0 Å². The fourth-order valence-corrected chi connectivity index (χ4v) is 2.67. The molecule has 0 aromatic carbocycles. The Hall–Kier alpha value is -1.60. The molecule has 1 aromatic rings. The van der Waals surface area contributed by atoms with Crippen molar-refractivity contribution < 1.29 is 9.90 Å². The first-order chi connectivity index (χ1) is 9.52. The number of nitrogens with two attached hydrogens (primary N) is 1. The lowest BCUT2D eigenvalue weighted by Gasteiger charge is -2.36. The Morgan fingerprint density at radius 3 is 2.65 bits per heavy atom. The summed E-state index contributed by atoms with van der Waals surface area (Å²) in [6.45, 7) is 2.18. The fourth-order valence-electron chi connectivity index (χ4n) is 2.67. The summed E-state index contributed by atoms with van der Waals surface area (Å²) in [5, 5.41) is 13.4. The van der Waals surface area contributed by atoms with E-state index in [0.717, 1.165) is 25.9 Å². The summed E-state index contributed by atoms with van der Waals surface area (Å²) in [6.07, 6.45) is 3.45. The third-order valence-corrected chi connectivity index (χ3v) is 3.79. The number of piperidine rings is 1. The largest absolute Gasteiger partial charge is 0.396 e. The van der Waals surface area contributed by atoms with Crippen LogP contribution in [0.25, 0.3) is 0 Å². The molecule has 1 saturated heterocycles. The molecule has 1 amide bonds. The highest BCUT2D eigenvalue weighted by atomic mass is 16.3. The first-order valence-electron chi connectivity index (χ1n) is 6.92. The van der Waals surface area contributed by atoms with E-state index in [9.17, 15) is 9.90 Å². The molecule has 112 valence electrons. The maximum Gasteiger partial charge on any atom is 0.276 e. The molecule has 7 nitrogen and oxygen atoms in total. The minimum atomic E-state index is -0.188. The van der Waals surface area contributed by atoms with Gasteiger partial charge in [-0.25, -0.2) is 0 Å². The van der Waals surface area contributed by atoms with E-state index >= 15 is 0 Å². The molecular formula is C13H23N5O2. The summed E-state index contributed by atoms with van der Waals surface area (Å²) >= 11 is 0. The Morgan fingerprint density at radius 2 is 2.15 bits per heavy atom. The number of aliphatic hydroxyl groups is 1. The van der Waals surface area contributed by atoms with Gasteiger partial charge in [-0.05, 0) is 33.0 Å². The van der Waals surface area contributed by atoms with Crippen molar-refractivity contribution in [3.63, 3.8) is 0 Å². The van der Waals surface area contributed by atoms with Gasteiger partial charge in [-0.2, -0.15) is 5.10 Å². The van der Waals surface area contributed by atoms with Gasteiger partial charge in [0.15, 0.2) is 5.69 Å². The highest BCUT2D eigenvalue weighted by molar-refractivity contribution is 5.97. The third kappa shape index (κ3) is 3.10. The van der Waals surface area contributed by atoms with Crippen LogP contribution in [0, 0.1) is 0 Å². The molecule has 20 heavy (non-hydrogen) atoms.